The molecule has 2 rings (SSSR count). The highest BCUT2D eigenvalue weighted by Crippen LogP contribution is 2.12. The fourth-order valence-corrected chi connectivity index (χ4v) is 1.11. The molecule has 0 atom stereocenters. The first-order valence-corrected chi connectivity index (χ1v) is 4.24. The summed E-state index contributed by atoms with van der Waals surface area (Å²) >= 11 is 0. The summed E-state index contributed by atoms with van der Waals surface area (Å²) in [5.41, 5.74) is 1.37. The number of hydrogen-bond donors (Lipinski definition) is 1. The molecule has 3 heteroatoms. The van der Waals surface area contributed by atoms with E-state index in [0.29, 0.717) is 11.5 Å². The zero-order chi connectivity index (χ0) is 9.80. The second-order valence-electron chi connectivity index (χ2n) is 2.82. The van der Waals surface area contributed by atoms with Crippen LogP contribution in [0.5, 0.6) is 0 Å². The molecule has 1 aromatic heterocycles. The van der Waals surface area contributed by atoms with Gasteiger partial charge in [0.1, 0.15) is 5.82 Å². The molecule has 68 valence electrons. The molecule has 0 fully saturated rings. The van der Waals surface area contributed by atoms with Crippen molar-refractivity contribution < 1.29 is 0 Å². The Kier molecular flexibility index (Phi) is 2.40. The van der Waals surface area contributed by atoms with Crippen LogP contribution < -0.4 is 5.32 Å². The van der Waals surface area contributed by atoms with Crippen molar-refractivity contribution in [3.05, 3.63) is 55.3 Å². The molecule has 1 aromatic carbocycles. The highest BCUT2D eigenvalue weighted by Gasteiger charge is 1.95. The first kappa shape index (κ1) is 8.69. The van der Waals surface area contributed by atoms with Crippen LogP contribution in [0.25, 0.3) is 0 Å². The fourth-order valence-electron chi connectivity index (χ4n) is 1.11. The number of anilines is 2. The second kappa shape index (κ2) is 3.87. The van der Waals surface area contributed by atoms with Crippen LogP contribution in [0, 0.1) is 6.92 Å². The minimum Gasteiger partial charge on any atom is -0.339 e. The zero-order valence-electron chi connectivity index (χ0n) is 7.51. The SMILES string of the molecule is [CH]c1cncc(Nc2ccccc2)n1. The van der Waals surface area contributed by atoms with Crippen molar-refractivity contribution in [2.75, 3.05) is 5.32 Å². The van der Waals surface area contributed by atoms with Gasteiger partial charge in [-0.2, -0.15) is 0 Å². The molecule has 14 heavy (non-hydrogen) atoms. The van der Waals surface area contributed by atoms with Crippen LogP contribution in [-0.4, -0.2) is 9.97 Å². The minimum absolute atomic E-state index is 0.408. The number of nitrogens with zero attached hydrogens (tertiary/aromatic N) is 2. The smallest absolute Gasteiger partial charge is 0.149 e. The maximum atomic E-state index is 5.50. The lowest BCUT2D eigenvalue weighted by Crippen LogP contribution is -1.95. The van der Waals surface area contributed by atoms with Gasteiger partial charge in [0.25, 0.3) is 0 Å². The summed E-state index contributed by atoms with van der Waals surface area (Å²) in [6.07, 6.45) is 3.14. The molecule has 0 bridgehead atoms. The Morgan fingerprint density at radius 1 is 1.07 bits per heavy atom. The third-order valence-electron chi connectivity index (χ3n) is 1.70. The summed E-state index contributed by atoms with van der Waals surface area (Å²) in [6.45, 7) is 5.50. The average Bonchev–Trinajstić information content (AvgIpc) is 2.19. The Labute approximate surface area is 82.8 Å². The van der Waals surface area contributed by atoms with Crippen LogP contribution in [0.1, 0.15) is 5.69 Å². The number of nitrogens with one attached hydrogen (secondary N) is 1. The molecule has 0 amide bonds. The number of benzene rings is 1. The topological polar surface area (TPSA) is 37.8 Å². The molecule has 2 aromatic rings. The van der Waals surface area contributed by atoms with Crippen LogP contribution in [0.2, 0.25) is 0 Å². The maximum Gasteiger partial charge on any atom is 0.149 e. The lowest BCUT2D eigenvalue weighted by Gasteiger charge is -2.04. The van der Waals surface area contributed by atoms with E-state index in [4.69, 9.17) is 6.92 Å². The largest absolute Gasteiger partial charge is 0.339 e. The van der Waals surface area contributed by atoms with Gasteiger partial charge in [-0.15, -0.1) is 0 Å². The molecular formula is C11H9N3. The molecule has 0 unspecified atom stereocenters. The van der Waals surface area contributed by atoms with Crippen molar-refractivity contribution in [2.45, 2.75) is 0 Å². The zero-order valence-corrected chi connectivity index (χ0v) is 7.51. The van der Waals surface area contributed by atoms with E-state index in [1.807, 2.05) is 30.3 Å². The number of para-hydroxylation sites is 1. The highest BCUT2D eigenvalue weighted by atomic mass is 15.0. The summed E-state index contributed by atoms with van der Waals surface area (Å²) in [5.74, 6) is 0.649. The second-order valence-corrected chi connectivity index (χ2v) is 2.82. The van der Waals surface area contributed by atoms with Gasteiger partial charge in [-0.3, -0.25) is 4.98 Å². The molecular weight excluding hydrogens is 174 g/mol. The van der Waals surface area contributed by atoms with E-state index in [2.05, 4.69) is 15.3 Å². The van der Waals surface area contributed by atoms with E-state index in [-0.39, 0.29) is 0 Å². The van der Waals surface area contributed by atoms with Crippen molar-refractivity contribution in [1.29, 1.82) is 0 Å². The molecule has 0 aliphatic rings. The van der Waals surface area contributed by atoms with Gasteiger partial charge in [0.15, 0.2) is 0 Å². The van der Waals surface area contributed by atoms with Crippen LogP contribution >= 0.6 is 0 Å². The van der Waals surface area contributed by atoms with Gasteiger partial charge in [0.05, 0.1) is 11.9 Å². The number of hydrogen-bond acceptors (Lipinski definition) is 3. The Morgan fingerprint density at radius 3 is 2.57 bits per heavy atom. The quantitative estimate of drug-likeness (QED) is 0.776. The number of aromatic nitrogens is 2. The Hall–Kier alpha value is -1.90. The van der Waals surface area contributed by atoms with Crippen LogP contribution in [0.4, 0.5) is 11.5 Å². The summed E-state index contributed by atoms with van der Waals surface area (Å²) in [6, 6.07) is 9.75. The first-order chi connectivity index (χ1) is 6.84. The Balaban J connectivity index is 2.19. The summed E-state index contributed by atoms with van der Waals surface area (Å²) in [5, 5.41) is 3.09. The van der Waals surface area contributed by atoms with E-state index in [9.17, 15) is 0 Å². The van der Waals surface area contributed by atoms with Gasteiger partial charge in [-0.05, 0) is 12.1 Å². The lowest BCUT2D eigenvalue weighted by molar-refractivity contribution is 1.16. The molecule has 1 heterocycles. The van der Waals surface area contributed by atoms with Gasteiger partial charge >= 0.3 is 0 Å². The minimum atomic E-state index is 0.408. The molecule has 1 N–H and O–H groups in total. The van der Waals surface area contributed by atoms with Crippen molar-refractivity contribution in [2.24, 2.45) is 0 Å². The molecule has 0 saturated heterocycles. The van der Waals surface area contributed by atoms with Crippen molar-refractivity contribution in [1.82, 2.24) is 9.97 Å². The van der Waals surface area contributed by atoms with Crippen molar-refractivity contribution in [3.8, 4) is 0 Å². The van der Waals surface area contributed by atoms with Crippen LogP contribution in [0.3, 0.4) is 0 Å². The third kappa shape index (κ3) is 2.07. The van der Waals surface area contributed by atoms with Crippen LogP contribution in [0.15, 0.2) is 42.7 Å². The van der Waals surface area contributed by atoms with E-state index in [0.717, 1.165) is 5.69 Å². The average molecular weight is 183 g/mol. The predicted molar refractivity (Wildman–Crippen MR) is 55.2 cm³/mol. The normalized spacial score (nSPS) is 9.79. The summed E-state index contributed by atoms with van der Waals surface area (Å²) in [7, 11) is 0. The summed E-state index contributed by atoms with van der Waals surface area (Å²) < 4.78 is 0. The van der Waals surface area contributed by atoms with E-state index in [1.165, 1.54) is 6.20 Å². The van der Waals surface area contributed by atoms with Gasteiger partial charge in [-0.25, -0.2) is 4.98 Å². The van der Waals surface area contributed by atoms with Crippen molar-refractivity contribution in [3.63, 3.8) is 0 Å². The van der Waals surface area contributed by atoms with Gasteiger partial charge < -0.3 is 5.32 Å². The monoisotopic (exact) mass is 183 g/mol. The highest BCUT2D eigenvalue weighted by molar-refractivity contribution is 5.54. The lowest BCUT2D eigenvalue weighted by atomic mass is 10.3. The van der Waals surface area contributed by atoms with E-state index in [1.54, 1.807) is 6.20 Å². The van der Waals surface area contributed by atoms with E-state index >= 15 is 0 Å². The molecule has 0 spiro atoms. The summed E-state index contributed by atoms with van der Waals surface area (Å²) in [4.78, 5) is 8.00. The Morgan fingerprint density at radius 2 is 1.86 bits per heavy atom. The van der Waals surface area contributed by atoms with Gasteiger partial charge in [0.2, 0.25) is 0 Å². The van der Waals surface area contributed by atoms with Gasteiger partial charge in [0, 0.05) is 18.8 Å². The standard InChI is InChI=1S/C11H9N3/c1-9-7-12-8-11(13-9)14-10-5-3-2-4-6-10/h1-8H,(H,13,14). The molecule has 3 nitrogen and oxygen atoms in total. The predicted octanol–water partition coefficient (Wildman–Crippen LogP) is 2.28. The van der Waals surface area contributed by atoms with Gasteiger partial charge in [-0.1, -0.05) is 18.2 Å². The first-order valence-electron chi connectivity index (χ1n) is 4.24. The fraction of sp³-hybridized carbons (Fsp3) is 0. The number of rotatable bonds is 2. The third-order valence-corrected chi connectivity index (χ3v) is 1.70. The molecule has 0 aliphatic heterocycles. The van der Waals surface area contributed by atoms with Crippen molar-refractivity contribution >= 4 is 11.5 Å². The molecule has 0 saturated carbocycles. The van der Waals surface area contributed by atoms with E-state index < -0.39 is 0 Å². The van der Waals surface area contributed by atoms with Crippen LogP contribution in [-0.2, 0) is 0 Å². The molecule has 0 aliphatic carbocycles. The molecule has 2 radical (unpaired) electrons. The Bertz CT molecular complexity index is 412. The maximum absolute atomic E-state index is 5.50.